The first-order valence-corrected chi connectivity index (χ1v) is 6.99. The molecule has 1 saturated heterocycles. The molecule has 2 bridgehead atoms. The van der Waals surface area contributed by atoms with Gasteiger partial charge in [0, 0.05) is 24.6 Å². The first-order chi connectivity index (χ1) is 9.86. The van der Waals surface area contributed by atoms with Gasteiger partial charge in [-0.25, -0.2) is 9.97 Å². The van der Waals surface area contributed by atoms with Crippen LogP contribution >= 0.6 is 0 Å². The lowest BCUT2D eigenvalue weighted by Crippen LogP contribution is -2.40. The van der Waals surface area contributed by atoms with Crippen LogP contribution in [0, 0.1) is 11.3 Å². The highest BCUT2D eigenvalue weighted by molar-refractivity contribution is 5.79. The molecule has 0 unspecified atom stereocenters. The van der Waals surface area contributed by atoms with Gasteiger partial charge in [0.15, 0.2) is 0 Å². The molecule has 0 radical (unpaired) electrons. The lowest BCUT2D eigenvalue weighted by Gasteiger charge is -2.42. The number of hydrogen-bond donors (Lipinski definition) is 0. The molecule has 0 aliphatic carbocycles. The molecular formula is C16H14N4. The highest BCUT2D eigenvalue weighted by Gasteiger charge is 2.35. The fraction of sp³-hybridized carbons (Fsp3) is 0.312. The average Bonchev–Trinajstić information content (AvgIpc) is 2.55. The van der Waals surface area contributed by atoms with Crippen LogP contribution in [-0.4, -0.2) is 23.1 Å². The summed E-state index contributed by atoms with van der Waals surface area (Å²) in [4.78, 5) is 11.3. The molecule has 4 heterocycles. The summed E-state index contributed by atoms with van der Waals surface area (Å²) in [5, 5.41) is 9.19. The number of hydrogen-bond acceptors (Lipinski definition) is 4. The fourth-order valence-electron chi connectivity index (χ4n) is 3.29. The van der Waals surface area contributed by atoms with Crippen molar-refractivity contribution in [3.05, 3.63) is 41.9 Å². The molecule has 2 aromatic rings. The molecule has 0 N–H and O–H groups in total. The van der Waals surface area contributed by atoms with Gasteiger partial charge < -0.3 is 4.90 Å². The van der Waals surface area contributed by atoms with Crippen LogP contribution in [0.5, 0.6) is 0 Å². The minimum absolute atomic E-state index is 0.288. The Bertz CT molecular complexity index is 694. The zero-order chi connectivity index (χ0) is 13.5. The van der Waals surface area contributed by atoms with E-state index in [-0.39, 0.29) is 5.82 Å². The molecule has 98 valence electrons. The molecule has 1 aromatic carbocycles. The van der Waals surface area contributed by atoms with Crippen molar-refractivity contribution in [1.29, 1.82) is 5.26 Å². The molecule has 1 aromatic heterocycles. The lowest BCUT2D eigenvalue weighted by molar-refractivity contribution is 0.462. The summed E-state index contributed by atoms with van der Waals surface area (Å²) in [6.45, 7) is 2.15. The number of benzene rings is 1. The van der Waals surface area contributed by atoms with Gasteiger partial charge in [-0.15, -0.1) is 0 Å². The van der Waals surface area contributed by atoms with Crippen LogP contribution in [-0.2, 0) is 0 Å². The van der Waals surface area contributed by atoms with Crippen LogP contribution in [0.2, 0.25) is 0 Å². The predicted molar refractivity (Wildman–Crippen MR) is 76.4 cm³/mol. The minimum Gasteiger partial charge on any atom is -0.368 e. The van der Waals surface area contributed by atoms with Gasteiger partial charge in [-0.3, -0.25) is 0 Å². The SMILES string of the molecule is N#Cc1nc(-c2ccccc2)c2c(n1)C1CCN2CC1. The second kappa shape index (κ2) is 4.31. The van der Waals surface area contributed by atoms with Crippen LogP contribution in [0.25, 0.3) is 11.3 Å². The van der Waals surface area contributed by atoms with Crippen LogP contribution < -0.4 is 4.90 Å². The topological polar surface area (TPSA) is 52.8 Å². The quantitative estimate of drug-likeness (QED) is 0.793. The molecule has 4 nitrogen and oxygen atoms in total. The molecule has 0 saturated carbocycles. The van der Waals surface area contributed by atoms with Crippen molar-refractivity contribution >= 4 is 5.69 Å². The summed E-state index contributed by atoms with van der Waals surface area (Å²) >= 11 is 0. The highest BCUT2D eigenvalue weighted by atomic mass is 15.2. The summed E-state index contributed by atoms with van der Waals surface area (Å²) in [5.41, 5.74) is 4.21. The summed E-state index contributed by atoms with van der Waals surface area (Å²) in [5.74, 6) is 0.781. The molecule has 1 fully saturated rings. The Morgan fingerprint density at radius 1 is 1.10 bits per heavy atom. The van der Waals surface area contributed by atoms with Gasteiger partial charge >= 0.3 is 0 Å². The summed E-state index contributed by atoms with van der Waals surface area (Å²) in [6, 6.07) is 12.2. The predicted octanol–water partition coefficient (Wildman–Crippen LogP) is 2.71. The van der Waals surface area contributed by atoms with Crippen molar-refractivity contribution in [3.8, 4) is 17.3 Å². The Hall–Kier alpha value is -2.41. The Labute approximate surface area is 117 Å². The lowest BCUT2D eigenvalue weighted by atomic mass is 9.85. The van der Waals surface area contributed by atoms with Crippen molar-refractivity contribution in [2.24, 2.45) is 0 Å². The van der Waals surface area contributed by atoms with Gasteiger partial charge in [-0.2, -0.15) is 5.26 Å². The third-order valence-electron chi connectivity index (χ3n) is 4.26. The fourth-order valence-corrected chi connectivity index (χ4v) is 3.29. The largest absolute Gasteiger partial charge is 0.368 e. The van der Waals surface area contributed by atoms with E-state index < -0.39 is 0 Å². The normalized spacial score (nSPS) is 16.9. The smallest absolute Gasteiger partial charge is 0.233 e. The standard InChI is InChI=1S/C16H14N4/c17-10-13-18-14(11-4-2-1-3-5-11)16-15(19-13)12-6-8-20(16)9-7-12/h1-5,12H,6-9H2. The number of anilines is 1. The Kier molecular flexibility index (Phi) is 2.46. The number of aromatic nitrogens is 2. The van der Waals surface area contributed by atoms with E-state index in [1.807, 2.05) is 30.3 Å². The zero-order valence-electron chi connectivity index (χ0n) is 11.1. The van der Waals surface area contributed by atoms with Gasteiger partial charge in [0.25, 0.3) is 0 Å². The summed E-state index contributed by atoms with van der Waals surface area (Å²) in [6.07, 6.45) is 2.28. The van der Waals surface area contributed by atoms with Crippen molar-refractivity contribution < 1.29 is 0 Å². The van der Waals surface area contributed by atoms with Crippen molar-refractivity contribution in [2.45, 2.75) is 18.8 Å². The molecule has 0 spiro atoms. The van der Waals surface area contributed by atoms with Crippen molar-refractivity contribution in [3.63, 3.8) is 0 Å². The first kappa shape index (κ1) is 11.4. The second-order valence-corrected chi connectivity index (χ2v) is 5.37. The molecule has 20 heavy (non-hydrogen) atoms. The molecule has 5 rings (SSSR count). The third-order valence-corrected chi connectivity index (χ3v) is 4.26. The molecule has 0 atom stereocenters. The van der Waals surface area contributed by atoms with E-state index in [4.69, 9.17) is 0 Å². The van der Waals surface area contributed by atoms with Gasteiger partial charge in [0.05, 0.1) is 17.1 Å². The maximum Gasteiger partial charge on any atom is 0.233 e. The monoisotopic (exact) mass is 262 g/mol. The maximum atomic E-state index is 9.19. The number of piperidine rings is 1. The van der Waals surface area contributed by atoms with Crippen LogP contribution in [0.3, 0.4) is 0 Å². The minimum atomic E-state index is 0.288. The highest BCUT2D eigenvalue weighted by Crippen LogP contribution is 2.45. The van der Waals surface area contributed by atoms with Crippen molar-refractivity contribution in [1.82, 2.24) is 9.97 Å². The van der Waals surface area contributed by atoms with Crippen LogP contribution in [0.1, 0.15) is 30.3 Å². The van der Waals surface area contributed by atoms with E-state index in [0.717, 1.165) is 48.6 Å². The van der Waals surface area contributed by atoms with E-state index >= 15 is 0 Å². The number of nitrogens with zero attached hydrogens (tertiary/aromatic N) is 4. The van der Waals surface area contributed by atoms with Gasteiger partial charge in [0.1, 0.15) is 6.07 Å². The number of fused-ring (bicyclic) bond motifs is 2. The van der Waals surface area contributed by atoms with E-state index in [1.165, 1.54) is 0 Å². The van der Waals surface area contributed by atoms with Crippen LogP contribution in [0.4, 0.5) is 5.69 Å². The van der Waals surface area contributed by atoms with E-state index in [1.54, 1.807) is 0 Å². The third kappa shape index (κ3) is 1.60. The molecular weight excluding hydrogens is 248 g/mol. The Balaban J connectivity index is 1.99. The Morgan fingerprint density at radius 2 is 1.85 bits per heavy atom. The zero-order valence-corrected chi connectivity index (χ0v) is 11.1. The van der Waals surface area contributed by atoms with Crippen molar-refractivity contribution in [2.75, 3.05) is 18.0 Å². The van der Waals surface area contributed by atoms with E-state index in [0.29, 0.717) is 5.92 Å². The van der Waals surface area contributed by atoms with Gasteiger partial charge in [0.2, 0.25) is 5.82 Å². The van der Waals surface area contributed by atoms with E-state index in [9.17, 15) is 5.26 Å². The molecule has 0 amide bonds. The molecule has 3 aliphatic heterocycles. The number of nitriles is 1. The van der Waals surface area contributed by atoms with E-state index in [2.05, 4.69) is 20.9 Å². The number of rotatable bonds is 1. The maximum absolute atomic E-state index is 9.19. The Morgan fingerprint density at radius 3 is 2.55 bits per heavy atom. The van der Waals surface area contributed by atoms with Gasteiger partial charge in [-0.05, 0) is 12.8 Å². The average molecular weight is 262 g/mol. The van der Waals surface area contributed by atoms with Gasteiger partial charge in [-0.1, -0.05) is 30.3 Å². The first-order valence-electron chi connectivity index (χ1n) is 6.99. The summed E-state index contributed by atoms with van der Waals surface area (Å²) in [7, 11) is 0. The molecule has 4 heteroatoms. The van der Waals surface area contributed by atoms with Crippen LogP contribution in [0.15, 0.2) is 30.3 Å². The second-order valence-electron chi connectivity index (χ2n) is 5.37. The summed E-state index contributed by atoms with van der Waals surface area (Å²) < 4.78 is 0. The molecule has 3 aliphatic rings.